The minimum Gasteiger partial charge on any atom is -0.489 e. The molecule has 3 aromatic rings. The largest absolute Gasteiger partial charge is 0.489 e. The van der Waals surface area contributed by atoms with Gasteiger partial charge in [-0.25, -0.2) is 8.42 Å². The number of carboxylic acid groups (broad SMARTS) is 1. The van der Waals surface area contributed by atoms with Crippen LogP contribution in [-0.2, 0) is 21.2 Å². The van der Waals surface area contributed by atoms with E-state index in [0.29, 0.717) is 16.5 Å². The summed E-state index contributed by atoms with van der Waals surface area (Å²) in [6.45, 7) is 3.88. The van der Waals surface area contributed by atoms with Gasteiger partial charge in [-0.2, -0.15) is 0 Å². The maximum Gasteiger partial charge on any atom is 0.319 e. The maximum atomic E-state index is 11.9. The Kier molecular flexibility index (Phi) is 5.95. The molecule has 0 aliphatic heterocycles. The van der Waals surface area contributed by atoms with Gasteiger partial charge < -0.3 is 14.4 Å². The second kappa shape index (κ2) is 8.26. The number of aromatic nitrogens is 1. The van der Waals surface area contributed by atoms with Crippen molar-refractivity contribution in [3.05, 3.63) is 64.5 Å². The Morgan fingerprint density at radius 2 is 1.86 bits per heavy atom. The number of sulfone groups is 1. The molecule has 0 spiro atoms. The molecule has 29 heavy (non-hydrogen) atoms. The first-order valence-corrected chi connectivity index (χ1v) is 10.6. The monoisotopic (exact) mass is 435 g/mol. The third-order valence-corrected chi connectivity index (χ3v) is 6.18. The van der Waals surface area contributed by atoms with Crippen LogP contribution >= 0.6 is 11.6 Å². The number of benzene rings is 2. The number of hydrogen-bond donors (Lipinski definition) is 1. The van der Waals surface area contributed by atoms with E-state index in [4.69, 9.17) is 26.0 Å². The number of nitrogens with zero attached hydrogens (tertiary/aromatic N) is 1. The van der Waals surface area contributed by atoms with Gasteiger partial charge in [0.2, 0.25) is 0 Å². The van der Waals surface area contributed by atoms with Crippen LogP contribution in [-0.4, -0.2) is 30.4 Å². The minimum atomic E-state index is -3.87. The average molecular weight is 436 g/mol. The fraction of sp³-hybridized carbons (Fsp3) is 0.200. The fourth-order valence-electron chi connectivity index (χ4n) is 2.88. The van der Waals surface area contributed by atoms with E-state index < -0.39 is 21.6 Å². The van der Waals surface area contributed by atoms with Crippen molar-refractivity contribution in [2.75, 3.05) is 5.75 Å². The standard InChI is InChI=1S/C20H18ClNO6S/c1-12-20(13(2)28-22-12)17-9-14(3-8-18(17)21)10-27-15-4-6-16(7-5-15)29(25,26)11-19(23)24/h3-9H,10-11H2,1-2H3,(H,23,24). The first-order valence-electron chi connectivity index (χ1n) is 8.56. The van der Waals surface area contributed by atoms with Gasteiger partial charge in [-0.1, -0.05) is 22.8 Å². The molecule has 152 valence electrons. The van der Waals surface area contributed by atoms with Crippen LogP contribution in [0.5, 0.6) is 5.75 Å². The molecule has 0 aliphatic rings. The van der Waals surface area contributed by atoms with E-state index in [-0.39, 0.29) is 11.5 Å². The summed E-state index contributed by atoms with van der Waals surface area (Å²) in [6.07, 6.45) is 0. The summed E-state index contributed by atoms with van der Waals surface area (Å²) >= 11 is 6.34. The first-order chi connectivity index (χ1) is 13.7. The van der Waals surface area contributed by atoms with E-state index in [0.717, 1.165) is 22.4 Å². The van der Waals surface area contributed by atoms with Gasteiger partial charge >= 0.3 is 5.97 Å². The molecule has 0 radical (unpaired) electrons. The zero-order valence-electron chi connectivity index (χ0n) is 15.7. The number of halogens is 1. The molecule has 0 amide bonds. The highest BCUT2D eigenvalue weighted by molar-refractivity contribution is 7.92. The van der Waals surface area contributed by atoms with E-state index >= 15 is 0 Å². The van der Waals surface area contributed by atoms with Crippen LogP contribution in [0.15, 0.2) is 51.9 Å². The van der Waals surface area contributed by atoms with Crippen molar-refractivity contribution in [3.63, 3.8) is 0 Å². The molecular weight excluding hydrogens is 418 g/mol. The smallest absolute Gasteiger partial charge is 0.319 e. The van der Waals surface area contributed by atoms with Crippen molar-refractivity contribution >= 4 is 27.4 Å². The average Bonchev–Trinajstić information content (AvgIpc) is 2.99. The van der Waals surface area contributed by atoms with Crippen LogP contribution in [0.1, 0.15) is 17.0 Å². The van der Waals surface area contributed by atoms with E-state index in [9.17, 15) is 13.2 Å². The van der Waals surface area contributed by atoms with Gasteiger partial charge in [0.25, 0.3) is 0 Å². The maximum absolute atomic E-state index is 11.9. The van der Waals surface area contributed by atoms with Crippen LogP contribution in [0.2, 0.25) is 5.02 Å². The number of ether oxygens (including phenoxy) is 1. The van der Waals surface area contributed by atoms with Crippen LogP contribution in [0.3, 0.4) is 0 Å². The van der Waals surface area contributed by atoms with E-state index in [1.54, 1.807) is 6.07 Å². The molecule has 3 rings (SSSR count). The lowest BCUT2D eigenvalue weighted by Gasteiger charge is -2.10. The number of hydrogen-bond acceptors (Lipinski definition) is 6. The lowest BCUT2D eigenvalue weighted by Crippen LogP contribution is -2.15. The Labute approximate surface area is 172 Å². The zero-order valence-corrected chi connectivity index (χ0v) is 17.2. The second-order valence-electron chi connectivity index (χ2n) is 6.43. The minimum absolute atomic E-state index is 0.0700. The van der Waals surface area contributed by atoms with Gasteiger partial charge in [0, 0.05) is 16.1 Å². The molecule has 0 bridgehead atoms. The third kappa shape index (κ3) is 4.78. The topological polar surface area (TPSA) is 107 Å². The molecule has 1 heterocycles. The SMILES string of the molecule is Cc1noc(C)c1-c1cc(COc2ccc(S(=O)(=O)CC(=O)O)cc2)ccc1Cl. The highest BCUT2D eigenvalue weighted by Gasteiger charge is 2.19. The third-order valence-electron chi connectivity index (χ3n) is 4.24. The zero-order chi connectivity index (χ0) is 21.2. The lowest BCUT2D eigenvalue weighted by atomic mass is 10.0. The van der Waals surface area contributed by atoms with Crippen molar-refractivity contribution in [1.29, 1.82) is 0 Å². The molecule has 9 heteroatoms. The van der Waals surface area contributed by atoms with Crippen LogP contribution in [0.25, 0.3) is 11.1 Å². The van der Waals surface area contributed by atoms with Crippen LogP contribution in [0, 0.1) is 13.8 Å². The van der Waals surface area contributed by atoms with Gasteiger partial charge in [0.1, 0.15) is 18.1 Å². The Hall–Kier alpha value is -2.84. The predicted octanol–water partition coefficient (Wildman–Crippen LogP) is 4.05. The van der Waals surface area contributed by atoms with Gasteiger partial charge in [-0.15, -0.1) is 0 Å². The lowest BCUT2D eigenvalue weighted by molar-refractivity contribution is -0.134. The van der Waals surface area contributed by atoms with Gasteiger partial charge in [0.15, 0.2) is 15.6 Å². The second-order valence-corrected chi connectivity index (χ2v) is 8.82. The van der Waals surface area contributed by atoms with Gasteiger partial charge in [0.05, 0.1) is 10.6 Å². The Balaban J connectivity index is 1.76. The van der Waals surface area contributed by atoms with Crippen molar-refractivity contribution in [2.45, 2.75) is 25.3 Å². The number of aryl methyl sites for hydroxylation is 2. The molecule has 1 aromatic heterocycles. The molecule has 0 aliphatic carbocycles. The molecular formula is C20H18ClNO6S. The molecule has 2 aromatic carbocycles. The van der Waals surface area contributed by atoms with Crippen molar-refractivity contribution < 1.29 is 27.6 Å². The highest BCUT2D eigenvalue weighted by atomic mass is 35.5. The number of carbonyl (C=O) groups is 1. The van der Waals surface area contributed by atoms with E-state index in [1.165, 1.54) is 24.3 Å². The summed E-state index contributed by atoms with van der Waals surface area (Å²) in [4.78, 5) is 10.6. The van der Waals surface area contributed by atoms with Crippen LogP contribution < -0.4 is 4.74 Å². The van der Waals surface area contributed by atoms with Crippen LogP contribution in [0.4, 0.5) is 0 Å². The van der Waals surface area contributed by atoms with Crippen molar-refractivity contribution in [1.82, 2.24) is 5.16 Å². The molecule has 7 nitrogen and oxygen atoms in total. The van der Waals surface area contributed by atoms with Gasteiger partial charge in [-0.05, 0) is 55.8 Å². The molecule has 1 N–H and O–H groups in total. The number of carboxylic acids is 1. The van der Waals surface area contributed by atoms with Crippen molar-refractivity contribution in [3.8, 4) is 16.9 Å². The predicted molar refractivity (Wildman–Crippen MR) is 107 cm³/mol. The summed E-state index contributed by atoms with van der Waals surface area (Å²) in [6, 6.07) is 11.1. The summed E-state index contributed by atoms with van der Waals surface area (Å²) in [5.74, 6) is -1.24. The quantitative estimate of drug-likeness (QED) is 0.596. The summed E-state index contributed by atoms with van der Waals surface area (Å²) < 4.78 is 34.8. The highest BCUT2D eigenvalue weighted by Crippen LogP contribution is 2.33. The first kappa shape index (κ1) is 20.9. The number of aliphatic carboxylic acids is 1. The van der Waals surface area contributed by atoms with E-state index in [1.807, 2.05) is 26.0 Å². The molecule has 0 saturated carbocycles. The van der Waals surface area contributed by atoms with E-state index in [2.05, 4.69) is 5.16 Å². The fourth-order valence-corrected chi connectivity index (χ4v) is 4.13. The Bertz CT molecular complexity index is 1130. The summed E-state index contributed by atoms with van der Waals surface area (Å²) in [7, 11) is -3.87. The molecule has 0 fully saturated rings. The summed E-state index contributed by atoms with van der Waals surface area (Å²) in [5.41, 5.74) is 3.22. The Morgan fingerprint density at radius 3 is 2.45 bits per heavy atom. The Morgan fingerprint density at radius 1 is 1.17 bits per heavy atom. The van der Waals surface area contributed by atoms with Gasteiger partial charge in [-0.3, -0.25) is 4.79 Å². The number of rotatable bonds is 7. The molecule has 0 atom stereocenters. The molecule has 0 unspecified atom stereocenters. The normalized spacial score (nSPS) is 11.4. The molecule has 0 saturated heterocycles. The summed E-state index contributed by atoms with van der Waals surface area (Å²) in [5, 5.41) is 13.2. The van der Waals surface area contributed by atoms with Crippen molar-refractivity contribution in [2.24, 2.45) is 0 Å².